The number of amides is 2. The molecule has 2 amide bonds. The first-order valence-corrected chi connectivity index (χ1v) is 6.08. The molecule has 0 atom stereocenters. The van der Waals surface area contributed by atoms with Crippen molar-refractivity contribution >= 4 is 29.1 Å². The number of nitrogens with two attached hydrogens (primary N) is 1. The number of primary amides is 1. The monoisotopic (exact) mass is 301 g/mol. The highest BCUT2D eigenvalue weighted by Gasteiger charge is 2.22. The molecule has 2 aromatic carbocycles. The Hall–Kier alpha value is -3.42. The van der Waals surface area contributed by atoms with Crippen LogP contribution in [0, 0.1) is 10.1 Å². The minimum atomic E-state index is -1.24. The van der Waals surface area contributed by atoms with Gasteiger partial charge in [-0.2, -0.15) is 0 Å². The molecule has 0 aliphatic rings. The average molecular weight is 301 g/mol. The van der Waals surface area contributed by atoms with Gasteiger partial charge in [0.2, 0.25) is 0 Å². The molecule has 2 aromatic rings. The molecular formula is C14H11N3O5. The Morgan fingerprint density at radius 3 is 2.41 bits per heavy atom. The lowest BCUT2D eigenvalue weighted by atomic mass is 10.1. The summed E-state index contributed by atoms with van der Waals surface area (Å²) in [6, 6.07) is 10.00. The summed E-state index contributed by atoms with van der Waals surface area (Å²) < 4.78 is 0. The normalized spacial score (nSPS) is 10.0. The molecule has 0 aliphatic carbocycles. The van der Waals surface area contributed by atoms with Crippen LogP contribution in [-0.4, -0.2) is 22.0 Å². The van der Waals surface area contributed by atoms with Gasteiger partial charge in [0.1, 0.15) is 0 Å². The van der Waals surface area contributed by atoms with Gasteiger partial charge in [0.25, 0.3) is 5.69 Å². The second-order valence-electron chi connectivity index (χ2n) is 4.27. The number of benzene rings is 2. The molecule has 0 saturated heterocycles. The maximum atomic E-state index is 11.7. The first-order chi connectivity index (χ1) is 10.4. The van der Waals surface area contributed by atoms with Gasteiger partial charge in [0, 0.05) is 12.1 Å². The Morgan fingerprint density at radius 1 is 1.14 bits per heavy atom. The Morgan fingerprint density at radius 2 is 1.82 bits per heavy atom. The number of nitro groups is 1. The number of hydrogen-bond acceptors (Lipinski definition) is 4. The van der Waals surface area contributed by atoms with Crippen molar-refractivity contribution in [2.45, 2.75) is 0 Å². The molecule has 8 heteroatoms. The molecule has 0 radical (unpaired) electrons. The van der Waals surface area contributed by atoms with E-state index in [-0.39, 0.29) is 22.6 Å². The molecule has 2 rings (SSSR count). The second kappa shape index (κ2) is 5.92. The van der Waals surface area contributed by atoms with Crippen LogP contribution in [0.1, 0.15) is 10.4 Å². The van der Waals surface area contributed by atoms with E-state index < -0.39 is 16.9 Å². The maximum Gasteiger partial charge on any atom is 0.337 e. The van der Waals surface area contributed by atoms with E-state index in [1.54, 1.807) is 0 Å². The van der Waals surface area contributed by atoms with Crippen molar-refractivity contribution in [3.8, 4) is 0 Å². The van der Waals surface area contributed by atoms with Crippen LogP contribution in [0.15, 0.2) is 48.5 Å². The number of carbonyl (C=O) groups is 2. The van der Waals surface area contributed by atoms with Crippen molar-refractivity contribution in [2.24, 2.45) is 5.73 Å². The van der Waals surface area contributed by atoms with Gasteiger partial charge in [-0.1, -0.05) is 18.2 Å². The standard InChI is InChI=1S/C14H11N3O5/c15-14(20)16(9-4-3-5-10(8-9)17(21)22)12-7-2-1-6-11(12)13(18)19/h1-8H,(H2,15,20)(H,18,19). The van der Waals surface area contributed by atoms with Gasteiger partial charge in [-0.3, -0.25) is 15.0 Å². The second-order valence-corrected chi connectivity index (χ2v) is 4.27. The van der Waals surface area contributed by atoms with Gasteiger partial charge in [0.15, 0.2) is 0 Å². The van der Waals surface area contributed by atoms with Crippen molar-refractivity contribution in [1.29, 1.82) is 0 Å². The molecule has 3 N–H and O–H groups in total. The lowest BCUT2D eigenvalue weighted by Gasteiger charge is -2.22. The maximum absolute atomic E-state index is 11.7. The quantitative estimate of drug-likeness (QED) is 0.662. The SMILES string of the molecule is NC(=O)N(c1cccc([N+](=O)[O-])c1)c1ccccc1C(=O)O. The number of non-ortho nitro benzene ring substituents is 1. The van der Waals surface area contributed by atoms with Gasteiger partial charge in [-0.25, -0.2) is 9.59 Å². The van der Waals surface area contributed by atoms with Crippen molar-refractivity contribution in [1.82, 2.24) is 0 Å². The first kappa shape index (κ1) is 15.0. The Bertz CT molecular complexity index is 760. The number of nitrogens with zero attached hydrogens (tertiary/aromatic N) is 2. The van der Waals surface area contributed by atoms with Crippen LogP contribution in [0.2, 0.25) is 0 Å². The summed E-state index contributed by atoms with van der Waals surface area (Å²) in [6.07, 6.45) is 0. The number of carbonyl (C=O) groups excluding carboxylic acids is 1. The first-order valence-electron chi connectivity index (χ1n) is 6.08. The van der Waals surface area contributed by atoms with Gasteiger partial charge < -0.3 is 10.8 Å². The van der Waals surface area contributed by atoms with Gasteiger partial charge in [0.05, 0.1) is 21.9 Å². The Labute approximate surface area is 124 Å². The number of hydrogen-bond donors (Lipinski definition) is 2. The Kier molecular flexibility index (Phi) is 4.03. The van der Waals surface area contributed by atoms with Gasteiger partial charge >= 0.3 is 12.0 Å². The van der Waals surface area contributed by atoms with Crippen LogP contribution >= 0.6 is 0 Å². The van der Waals surface area contributed by atoms with Crippen LogP contribution in [-0.2, 0) is 0 Å². The van der Waals surface area contributed by atoms with Crippen LogP contribution in [0.3, 0.4) is 0 Å². The molecule has 0 unspecified atom stereocenters. The zero-order chi connectivity index (χ0) is 16.3. The molecule has 0 heterocycles. The number of nitro benzene ring substituents is 1. The highest BCUT2D eigenvalue weighted by Crippen LogP contribution is 2.30. The zero-order valence-electron chi connectivity index (χ0n) is 11.2. The molecule has 0 saturated carbocycles. The number of rotatable bonds is 4. The third kappa shape index (κ3) is 2.85. The number of carboxylic acid groups (broad SMARTS) is 1. The number of carboxylic acids is 1. The van der Waals surface area contributed by atoms with Gasteiger partial charge in [-0.05, 0) is 18.2 Å². The van der Waals surface area contributed by atoms with Crippen LogP contribution in [0.25, 0.3) is 0 Å². The Balaban J connectivity index is 2.62. The van der Waals surface area contributed by atoms with E-state index >= 15 is 0 Å². The number of urea groups is 1. The largest absolute Gasteiger partial charge is 0.478 e. The van der Waals surface area contributed by atoms with E-state index in [0.717, 1.165) is 11.0 Å². The van der Waals surface area contributed by atoms with Crippen LogP contribution in [0.5, 0.6) is 0 Å². The number of aromatic carboxylic acids is 1. The number of para-hydroxylation sites is 1. The highest BCUT2D eigenvalue weighted by atomic mass is 16.6. The summed E-state index contributed by atoms with van der Waals surface area (Å²) in [5.74, 6) is -1.24. The van der Waals surface area contributed by atoms with Crippen molar-refractivity contribution in [3.05, 3.63) is 64.2 Å². The smallest absolute Gasteiger partial charge is 0.337 e. The van der Waals surface area contributed by atoms with Crippen molar-refractivity contribution < 1.29 is 19.6 Å². The minimum absolute atomic E-state index is 0.0306. The fourth-order valence-corrected chi connectivity index (χ4v) is 1.98. The lowest BCUT2D eigenvalue weighted by molar-refractivity contribution is -0.384. The number of anilines is 2. The van der Waals surface area contributed by atoms with Crippen LogP contribution in [0.4, 0.5) is 21.9 Å². The summed E-state index contributed by atoms with van der Waals surface area (Å²) >= 11 is 0. The fraction of sp³-hybridized carbons (Fsp3) is 0. The summed E-state index contributed by atoms with van der Waals surface area (Å²) in [4.78, 5) is 34.1. The van der Waals surface area contributed by atoms with Crippen molar-refractivity contribution in [2.75, 3.05) is 4.90 Å². The zero-order valence-corrected chi connectivity index (χ0v) is 11.2. The average Bonchev–Trinajstić information content (AvgIpc) is 2.47. The molecule has 112 valence electrons. The molecule has 8 nitrogen and oxygen atoms in total. The van der Waals surface area contributed by atoms with E-state index in [0.29, 0.717) is 0 Å². The summed E-state index contributed by atoms with van der Waals surface area (Å²) in [5, 5.41) is 20.0. The summed E-state index contributed by atoms with van der Waals surface area (Å²) in [5.41, 5.74) is 5.07. The lowest BCUT2D eigenvalue weighted by Crippen LogP contribution is -2.32. The third-order valence-electron chi connectivity index (χ3n) is 2.89. The molecular weight excluding hydrogens is 290 g/mol. The minimum Gasteiger partial charge on any atom is -0.478 e. The molecule has 0 spiro atoms. The molecule has 0 fully saturated rings. The van der Waals surface area contributed by atoms with Crippen LogP contribution < -0.4 is 10.6 Å². The fourth-order valence-electron chi connectivity index (χ4n) is 1.98. The van der Waals surface area contributed by atoms with E-state index in [9.17, 15) is 24.8 Å². The van der Waals surface area contributed by atoms with Gasteiger partial charge in [-0.15, -0.1) is 0 Å². The summed E-state index contributed by atoms with van der Waals surface area (Å²) in [7, 11) is 0. The topological polar surface area (TPSA) is 127 Å². The summed E-state index contributed by atoms with van der Waals surface area (Å²) in [6.45, 7) is 0. The predicted octanol–water partition coefficient (Wildman–Crippen LogP) is 2.51. The molecule has 0 bridgehead atoms. The molecule has 22 heavy (non-hydrogen) atoms. The highest BCUT2D eigenvalue weighted by molar-refractivity contribution is 6.05. The van der Waals surface area contributed by atoms with Crippen molar-refractivity contribution in [3.63, 3.8) is 0 Å². The third-order valence-corrected chi connectivity index (χ3v) is 2.89. The predicted molar refractivity (Wildman–Crippen MR) is 78.2 cm³/mol. The van der Waals surface area contributed by atoms with E-state index in [4.69, 9.17) is 5.73 Å². The van der Waals surface area contributed by atoms with E-state index in [1.807, 2.05) is 0 Å². The molecule has 0 aromatic heterocycles. The van der Waals surface area contributed by atoms with E-state index in [2.05, 4.69) is 0 Å². The van der Waals surface area contributed by atoms with E-state index in [1.165, 1.54) is 42.5 Å². The molecule has 0 aliphatic heterocycles.